The summed E-state index contributed by atoms with van der Waals surface area (Å²) >= 11 is 0. The van der Waals surface area contributed by atoms with Crippen LogP contribution < -0.4 is 4.72 Å². The summed E-state index contributed by atoms with van der Waals surface area (Å²) in [6, 6.07) is 5.55. The summed E-state index contributed by atoms with van der Waals surface area (Å²) in [5, 5.41) is 8.59. The van der Waals surface area contributed by atoms with Crippen LogP contribution >= 0.6 is 0 Å². The molecule has 0 unspecified atom stereocenters. The van der Waals surface area contributed by atoms with Crippen LogP contribution in [0.3, 0.4) is 0 Å². The van der Waals surface area contributed by atoms with Crippen LogP contribution in [0, 0.1) is 11.8 Å². The van der Waals surface area contributed by atoms with Crippen molar-refractivity contribution in [2.24, 2.45) is 0 Å². The highest BCUT2D eigenvalue weighted by Crippen LogP contribution is 2.19. The molecule has 0 aliphatic heterocycles. The lowest BCUT2D eigenvalue weighted by molar-refractivity contribution is -0.132. The van der Waals surface area contributed by atoms with E-state index in [1.807, 2.05) is 4.72 Å². The van der Waals surface area contributed by atoms with Gasteiger partial charge in [0.05, 0.1) is 17.9 Å². The Hall–Kier alpha value is -1.56. The maximum atomic E-state index is 12.0. The van der Waals surface area contributed by atoms with Crippen LogP contribution in [-0.2, 0) is 10.0 Å². The fourth-order valence-electron chi connectivity index (χ4n) is 1.37. The van der Waals surface area contributed by atoms with Crippen LogP contribution in [0.2, 0.25) is 0 Å². The number of alkyl halides is 3. The lowest BCUT2D eigenvalue weighted by atomic mass is 10.2. The summed E-state index contributed by atoms with van der Waals surface area (Å²) in [5.41, 5.74) is 0.405. The molecule has 8 heteroatoms. The Balaban J connectivity index is 2.80. The molecule has 0 amide bonds. The van der Waals surface area contributed by atoms with Crippen LogP contribution in [0.5, 0.6) is 0 Å². The molecule has 1 aromatic carbocycles. The number of hydrogen-bond acceptors (Lipinski definition) is 3. The third-order valence-electron chi connectivity index (χ3n) is 2.31. The van der Waals surface area contributed by atoms with E-state index in [1.165, 1.54) is 18.2 Å². The number of benzene rings is 1. The molecule has 0 aromatic heterocycles. The smallest absolute Gasteiger partial charge is 0.390 e. The SMILES string of the molecule is O=S(=O)(NCCC(F)(F)F)c1cccc(C#CCCO)c1. The molecule has 0 radical (unpaired) electrons. The van der Waals surface area contributed by atoms with Gasteiger partial charge < -0.3 is 5.11 Å². The minimum absolute atomic E-state index is 0.107. The Morgan fingerprint density at radius 2 is 2.00 bits per heavy atom. The van der Waals surface area contributed by atoms with Crippen molar-refractivity contribution < 1.29 is 26.7 Å². The van der Waals surface area contributed by atoms with Crippen molar-refractivity contribution in [3.63, 3.8) is 0 Å². The van der Waals surface area contributed by atoms with E-state index in [0.29, 0.717) is 5.56 Å². The number of aliphatic hydroxyl groups excluding tert-OH is 1. The molecule has 0 saturated heterocycles. The quantitative estimate of drug-likeness (QED) is 0.811. The van der Waals surface area contributed by atoms with Gasteiger partial charge in [0.25, 0.3) is 0 Å². The molecule has 1 aromatic rings. The van der Waals surface area contributed by atoms with Crippen molar-refractivity contribution in [2.75, 3.05) is 13.2 Å². The van der Waals surface area contributed by atoms with Gasteiger partial charge in [0, 0.05) is 18.5 Å². The van der Waals surface area contributed by atoms with Crippen molar-refractivity contribution in [1.82, 2.24) is 4.72 Å². The minimum Gasteiger partial charge on any atom is -0.395 e. The number of sulfonamides is 1. The van der Waals surface area contributed by atoms with Crippen molar-refractivity contribution in [2.45, 2.75) is 23.9 Å². The van der Waals surface area contributed by atoms with Crippen molar-refractivity contribution in [3.05, 3.63) is 29.8 Å². The normalized spacial score (nSPS) is 11.8. The predicted octanol–water partition coefficient (Wildman–Crippen LogP) is 1.65. The monoisotopic (exact) mass is 321 g/mol. The van der Waals surface area contributed by atoms with Gasteiger partial charge in [-0.1, -0.05) is 17.9 Å². The van der Waals surface area contributed by atoms with E-state index in [1.54, 1.807) is 6.07 Å². The van der Waals surface area contributed by atoms with E-state index in [0.717, 1.165) is 0 Å². The number of rotatable bonds is 5. The molecule has 0 fully saturated rings. The molecule has 116 valence electrons. The van der Waals surface area contributed by atoms with Gasteiger partial charge in [-0.25, -0.2) is 13.1 Å². The summed E-state index contributed by atoms with van der Waals surface area (Å²) in [5.74, 6) is 5.29. The summed E-state index contributed by atoms with van der Waals surface area (Å²) in [6.45, 7) is -0.823. The molecule has 0 atom stereocenters. The van der Waals surface area contributed by atoms with Gasteiger partial charge in [-0.05, 0) is 18.2 Å². The molecule has 21 heavy (non-hydrogen) atoms. The molecular weight excluding hydrogens is 307 g/mol. The number of hydrogen-bond donors (Lipinski definition) is 2. The van der Waals surface area contributed by atoms with Gasteiger partial charge in [-0.3, -0.25) is 0 Å². The predicted molar refractivity (Wildman–Crippen MR) is 70.9 cm³/mol. The molecule has 0 aliphatic carbocycles. The minimum atomic E-state index is -4.42. The number of halogens is 3. The zero-order chi connectivity index (χ0) is 15.9. The number of aliphatic hydroxyl groups is 1. The second kappa shape index (κ2) is 7.45. The van der Waals surface area contributed by atoms with Crippen LogP contribution in [0.15, 0.2) is 29.2 Å². The molecule has 1 rings (SSSR count). The first kappa shape index (κ1) is 17.5. The molecule has 0 bridgehead atoms. The van der Waals surface area contributed by atoms with Crippen molar-refractivity contribution >= 4 is 10.0 Å². The molecule has 0 aliphatic rings. The van der Waals surface area contributed by atoms with E-state index < -0.39 is 29.2 Å². The summed E-state index contributed by atoms with van der Waals surface area (Å²) < 4.78 is 61.5. The zero-order valence-electron chi connectivity index (χ0n) is 10.9. The molecule has 2 N–H and O–H groups in total. The third-order valence-corrected chi connectivity index (χ3v) is 3.77. The summed E-state index contributed by atoms with van der Waals surface area (Å²) in [7, 11) is -4.00. The number of nitrogens with one attached hydrogen (secondary N) is 1. The van der Waals surface area contributed by atoms with E-state index in [-0.39, 0.29) is 17.9 Å². The van der Waals surface area contributed by atoms with Crippen LogP contribution in [0.25, 0.3) is 0 Å². The average Bonchev–Trinajstić information content (AvgIpc) is 2.37. The fourth-order valence-corrected chi connectivity index (χ4v) is 2.45. The van der Waals surface area contributed by atoms with E-state index >= 15 is 0 Å². The summed E-state index contributed by atoms with van der Waals surface area (Å²) in [6.07, 6.45) is -5.40. The Bertz CT molecular complexity index is 630. The Morgan fingerprint density at radius 1 is 1.29 bits per heavy atom. The van der Waals surface area contributed by atoms with E-state index in [4.69, 9.17) is 5.11 Å². The van der Waals surface area contributed by atoms with Gasteiger partial charge in [0.15, 0.2) is 0 Å². The van der Waals surface area contributed by atoms with E-state index in [9.17, 15) is 21.6 Å². The molecule has 0 spiro atoms. The summed E-state index contributed by atoms with van der Waals surface area (Å²) in [4.78, 5) is -0.152. The highest BCUT2D eigenvalue weighted by molar-refractivity contribution is 7.89. The molecule has 0 heterocycles. The molecular formula is C13H14F3NO3S. The fraction of sp³-hybridized carbons (Fsp3) is 0.385. The second-order valence-corrected chi connectivity index (χ2v) is 5.83. The molecule has 4 nitrogen and oxygen atoms in total. The maximum Gasteiger partial charge on any atom is 0.390 e. The lowest BCUT2D eigenvalue weighted by Gasteiger charge is -2.09. The molecule has 0 saturated carbocycles. The second-order valence-electron chi connectivity index (χ2n) is 4.07. The largest absolute Gasteiger partial charge is 0.395 e. The van der Waals surface area contributed by atoms with Gasteiger partial charge in [-0.15, -0.1) is 0 Å². The highest BCUT2D eigenvalue weighted by Gasteiger charge is 2.27. The van der Waals surface area contributed by atoms with Gasteiger partial charge in [-0.2, -0.15) is 13.2 Å². The lowest BCUT2D eigenvalue weighted by Crippen LogP contribution is -2.28. The van der Waals surface area contributed by atoms with E-state index in [2.05, 4.69) is 11.8 Å². The maximum absolute atomic E-state index is 12.0. The van der Waals surface area contributed by atoms with Gasteiger partial charge in [0.1, 0.15) is 0 Å². The average molecular weight is 321 g/mol. The van der Waals surface area contributed by atoms with Crippen molar-refractivity contribution in [3.8, 4) is 11.8 Å². The Labute approximate surface area is 121 Å². The Kier molecular flexibility index (Phi) is 6.20. The first-order valence-corrected chi connectivity index (χ1v) is 7.49. The first-order valence-electron chi connectivity index (χ1n) is 6.01. The van der Waals surface area contributed by atoms with Crippen LogP contribution in [0.4, 0.5) is 13.2 Å². The van der Waals surface area contributed by atoms with Gasteiger partial charge in [0.2, 0.25) is 10.0 Å². The first-order chi connectivity index (χ1) is 9.74. The van der Waals surface area contributed by atoms with Crippen LogP contribution in [-0.4, -0.2) is 32.9 Å². The van der Waals surface area contributed by atoms with Crippen molar-refractivity contribution in [1.29, 1.82) is 0 Å². The third kappa shape index (κ3) is 6.62. The standard InChI is InChI=1S/C13H14F3NO3S/c14-13(15,16)7-8-17-21(19,20)12-6-3-5-11(10-12)4-1-2-9-18/h3,5-6,10,17-18H,2,7-9H2. The Morgan fingerprint density at radius 3 is 2.62 bits per heavy atom. The van der Waals surface area contributed by atoms with Gasteiger partial charge >= 0.3 is 6.18 Å². The van der Waals surface area contributed by atoms with Crippen LogP contribution in [0.1, 0.15) is 18.4 Å². The zero-order valence-corrected chi connectivity index (χ0v) is 11.8. The highest BCUT2D eigenvalue weighted by atomic mass is 32.2. The topological polar surface area (TPSA) is 66.4 Å².